The van der Waals surface area contributed by atoms with Crippen LogP contribution in [0.1, 0.15) is 28.1 Å². The Morgan fingerprint density at radius 2 is 1.50 bits per heavy atom. The summed E-state index contributed by atoms with van der Waals surface area (Å²) in [6, 6.07) is 14.1. The molecular weight excluding hydrogens is 398 g/mol. The van der Waals surface area contributed by atoms with Crippen molar-refractivity contribution in [3.63, 3.8) is 0 Å². The van der Waals surface area contributed by atoms with Crippen molar-refractivity contribution in [3.8, 4) is 0 Å². The number of anilines is 2. The van der Waals surface area contributed by atoms with Gasteiger partial charge in [0.05, 0.1) is 4.90 Å². The highest BCUT2D eigenvalue weighted by Crippen LogP contribution is 2.20. The number of nitrogens with zero attached hydrogens (tertiary/aromatic N) is 3. The zero-order chi connectivity index (χ0) is 21.9. The van der Waals surface area contributed by atoms with Crippen LogP contribution < -0.4 is 10.6 Å². The Labute approximate surface area is 177 Å². The van der Waals surface area contributed by atoms with E-state index in [9.17, 15) is 8.42 Å². The first-order valence-corrected chi connectivity index (χ1v) is 10.9. The smallest absolute Gasteiger partial charge is 0.285 e. The number of hydrogen-bond donors (Lipinski definition) is 2. The second kappa shape index (κ2) is 8.62. The van der Waals surface area contributed by atoms with Crippen LogP contribution in [0.4, 0.5) is 11.6 Å². The molecule has 0 spiro atoms. The van der Waals surface area contributed by atoms with Crippen LogP contribution in [0.15, 0.2) is 57.8 Å². The van der Waals surface area contributed by atoms with Crippen molar-refractivity contribution in [3.05, 3.63) is 76.6 Å². The monoisotopic (exact) mass is 423 g/mol. The van der Waals surface area contributed by atoms with E-state index >= 15 is 0 Å². The second-order valence-electron chi connectivity index (χ2n) is 7.20. The molecule has 30 heavy (non-hydrogen) atoms. The first kappa shape index (κ1) is 21.4. The van der Waals surface area contributed by atoms with Crippen molar-refractivity contribution in [1.29, 1.82) is 0 Å². The van der Waals surface area contributed by atoms with Gasteiger partial charge in [-0.2, -0.15) is 8.42 Å². The van der Waals surface area contributed by atoms with Crippen molar-refractivity contribution < 1.29 is 8.42 Å². The normalized spacial score (nSPS) is 12.0. The Morgan fingerprint density at radius 1 is 0.867 bits per heavy atom. The number of hydrogen-bond acceptors (Lipinski definition) is 4. The van der Waals surface area contributed by atoms with Crippen LogP contribution in [0.3, 0.4) is 0 Å². The van der Waals surface area contributed by atoms with Crippen LogP contribution in [0, 0.1) is 34.6 Å². The van der Waals surface area contributed by atoms with Crippen LogP contribution >= 0.6 is 0 Å². The quantitative estimate of drug-likeness (QED) is 0.480. The third-order valence-corrected chi connectivity index (χ3v) is 5.89. The molecular formula is C22H25N5O2S. The van der Waals surface area contributed by atoms with Gasteiger partial charge < -0.3 is 5.32 Å². The van der Waals surface area contributed by atoms with E-state index in [-0.39, 0.29) is 16.8 Å². The average molecular weight is 424 g/mol. The van der Waals surface area contributed by atoms with Gasteiger partial charge in [-0.1, -0.05) is 29.8 Å². The van der Waals surface area contributed by atoms with E-state index in [1.165, 1.54) is 12.1 Å². The van der Waals surface area contributed by atoms with Crippen molar-refractivity contribution in [2.75, 3.05) is 10.6 Å². The van der Waals surface area contributed by atoms with Gasteiger partial charge in [0.15, 0.2) is 0 Å². The predicted molar refractivity (Wildman–Crippen MR) is 120 cm³/mol. The molecule has 2 aromatic carbocycles. The number of benzene rings is 2. The summed E-state index contributed by atoms with van der Waals surface area (Å²) in [6.07, 6.45) is 0. The summed E-state index contributed by atoms with van der Waals surface area (Å²) in [7, 11) is -3.95. The molecule has 0 amide bonds. The van der Waals surface area contributed by atoms with Gasteiger partial charge in [0.1, 0.15) is 0 Å². The predicted octanol–water partition coefficient (Wildman–Crippen LogP) is 4.29. The number of sulfonamides is 1. The molecule has 0 atom stereocenters. The Morgan fingerprint density at radius 3 is 2.13 bits per heavy atom. The minimum Gasteiger partial charge on any atom is -0.325 e. The lowest BCUT2D eigenvalue weighted by Crippen LogP contribution is -2.25. The maximum atomic E-state index is 12.9. The van der Waals surface area contributed by atoms with Gasteiger partial charge in [0.25, 0.3) is 10.0 Å². The maximum Gasteiger partial charge on any atom is 0.285 e. The van der Waals surface area contributed by atoms with Gasteiger partial charge in [0.2, 0.25) is 11.9 Å². The Bertz CT molecular complexity index is 1180. The molecule has 0 saturated heterocycles. The fourth-order valence-electron chi connectivity index (χ4n) is 2.86. The first-order valence-electron chi connectivity index (χ1n) is 9.48. The molecule has 3 rings (SSSR count). The van der Waals surface area contributed by atoms with Crippen LogP contribution in [0.5, 0.6) is 0 Å². The average Bonchev–Trinajstić information content (AvgIpc) is 2.64. The van der Waals surface area contributed by atoms with Gasteiger partial charge in [0, 0.05) is 17.1 Å². The van der Waals surface area contributed by atoms with E-state index in [0.29, 0.717) is 0 Å². The lowest BCUT2D eigenvalue weighted by atomic mass is 10.1. The summed E-state index contributed by atoms with van der Waals surface area (Å²) in [6.45, 7) is 9.53. The van der Waals surface area contributed by atoms with Gasteiger partial charge in [-0.25, -0.2) is 9.97 Å². The van der Waals surface area contributed by atoms with Crippen LogP contribution in [0.2, 0.25) is 0 Å². The highest BCUT2D eigenvalue weighted by atomic mass is 32.2. The lowest BCUT2D eigenvalue weighted by Gasteiger charge is -2.15. The zero-order valence-corrected chi connectivity index (χ0v) is 18.5. The highest BCUT2D eigenvalue weighted by molar-refractivity contribution is 7.90. The molecule has 0 fully saturated rings. The SMILES string of the molecule is Cc1ccc(S(=O)(=O)N=C(Nc2nc(C)cc(C)n2)Nc2cccc(C)c2C)cc1. The van der Waals surface area contributed by atoms with Crippen LogP contribution in [-0.2, 0) is 10.0 Å². The van der Waals surface area contributed by atoms with E-state index < -0.39 is 10.0 Å². The van der Waals surface area contributed by atoms with Gasteiger partial charge in [-0.3, -0.25) is 5.32 Å². The molecule has 156 valence electrons. The Hall–Kier alpha value is -3.26. The number of rotatable bonds is 4. The molecule has 0 bridgehead atoms. The van der Waals surface area contributed by atoms with Crippen LogP contribution in [0.25, 0.3) is 0 Å². The molecule has 0 aliphatic rings. The lowest BCUT2D eigenvalue weighted by molar-refractivity contribution is 0.598. The van der Waals surface area contributed by atoms with E-state index in [4.69, 9.17) is 0 Å². The minimum absolute atomic E-state index is 0.0225. The molecule has 8 heteroatoms. The summed E-state index contributed by atoms with van der Waals surface area (Å²) in [5, 5.41) is 6.02. The molecule has 0 unspecified atom stereocenters. The number of aryl methyl sites for hydroxylation is 4. The van der Waals surface area contributed by atoms with E-state index in [1.807, 2.05) is 58.9 Å². The van der Waals surface area contributed by atoms with Crippen molar-refractivity contribution in [2.24, 2.45) is 4.40 Å². The number of guanidine groups is 1. The standard InChI is InChI=1S/C22H25N5O2S/c1-14-9-11-19(12-10-14)30(28,29)27-22(25-20-8-6-7-15(2)18(20)5)26-21-23-16(3)13-17(4)24-21/h6-13H,1-5H3,(H2,23,24,25,26,27). The largest absolute Gasteiger partial charge is 0.325 e. The van der Waals surface area contributed by atoms with Crippen molar-refractivity contribution in [2.45, 2.75) is 39.5 Å². The van der Waals surface area contributed by atoms with Crippen molar-refractivity contribution in [1.82, 2.24) is 9.97 Å². The fourth-order valence-corrected chi connectivity index (χ4v) is 3.78. The summed E-state index contributed by atoms with van der Waals surface area (Å²) in [5.74, 6) is 0.289. The van der Waals surface area contributed by atoms with E-state index in [2.05, 4.69) is 25.0 Å². The molecule has 0 aliphatic heterocycles. The summed E-state index contributed by atoms with van der Waals surface area (Å²) in [5.41, 5.74) is 5.29. The first-order chi connectivity index (χ1) is 14.1. The van der Waals surface area contributed by atoms with Gasteiger partial charge in [-0.15, -0.1) is 4.40 Å². The highest BCUT2D eigenvalue weighted by Gasteiger charge is 2.16. The maximum absolute atomic E-state index is 12.9. The zero-order valence-electron chi connectivity index (χ0n) is 17.7. The van der Waals surface area contributed by atoms with Crippen LogP contribution in [-0.4, -0.2) is 24.3 Å². The minimum atomic E-state index is -3.95. The van der Waals surface area contributed by atoms with Gasteiger partial charge >= 0.3 is 0 Å². The number of nitrogens with one attached hydrogen (secondary N) is 2. The third kappa shape index (κ3) is 5.21. The molecule has 1 heterocycles. The van der Waals surface area contributed by atoms with Crippen molar-refractivity contribution >= 4 is 27.6 Å². The summed E-state index contributed by atoms with van der Waals surface area (Å²) >= 11 is 0. The molecule has 7 nitrogen and oxygen atoms in total. The molecule has 0 aliphatic carbocycles. The summed E-state index contributed by atoms with van der Waals surface area (Å²) < 4.78 is 29.8. The van der Waals surface area contributed by atoms with E-state index in [1.54, 1.807) is 12.1 Å². The molecule has 2 N–H and O–H groups in total. The topological polar surface area (TPSA) is 96.3 Å². The summed E-state index contributed by atoms with van der Waals surface area (Å²) in [4.78, 5) is 8.77. The third-order valence-electron chi connectivity index (χ3n) is 4.60. The second-order valence-corrected chi connectivity index (χ2v) is 8.80. The van der Waals surface area contributed by atoms with E-state index in [0.717, 1.165) is 33.8 Å². The molecule has 1 aromatic heterocycles. The number of aromatic nitrogens is 2. The molecule has 0 radical (unpaired) electrons. The Kier molecular flexibility index (Phi) is 6.17. The Balaban J connectivity index is 2.04. The molecule has 3 aromatic rings. The molecule has 0 saturated carbocycles. The van der Waals surface area contributed by atoms with Gasteiger partial charge in [-0.05, 0) is 70.0 Å². The fraction of sp³-hybridized carbons (Fsp3) is 0.227.